The van der Waals surface area contributed by atoms with E-state index in [1.54, 1.807) is 12.1 Å². The van der Waals surface area contributed by atoms with Crippen molar-refractivity contribution in [3.63, 3.8) is 0 Å². The molecule has 1 aromatic rings. The molecule has 0 atom stereocenters. The third kappa shape index (κ3) is 5.30. The second-order valence-electron chi connectivity index (χ2n) is 5.41. The number of para-hydroxylation sites is 1. The van der Waals surface area contributed by atoms with Gasteiger partial charge in [0.1, 0.15) is 0 Å². The summed E-state index contributed by atoms with van der Waals surface area (Å²) in [6.45, 7) is 5.01. The molecule has 0 radical (unpaired) electrons. The van der Waals surface area contributed by atoms with E-state index in [2.05, 4.69) is 21.2 Å². The van der Waals surface area contributed by atoms with E-state index in [0.717, 1.165) is 39.1 Å². The molecule has 1 aliphatic heterocycles. The number of piperazine rings is 1. The van der Waals surface area contributed by atoms with Gasteiger partial charge in [0.25, 0.3) is 0 Å². The normalized spacial score (nSPS) is 16.2. The molecule has 0 spiro atoms. The van der Waals surface area contributed by atoms with Gasteiger partial charge in [0.05, 0.1) is 23.3 Å². The van der Waals surface area contributed by atoms with Gasteiger partial charge in [-0.1, -0.05) is 23.7 Å². The summed E-state index contributed by atoms with van der Waals surface area (Å²) in [5.41, 5.74) is 0.657. The number of halogens is 1. The Labute approximate surface area is 136 Å². The maximum Gasteiger partial charge on any atom is 0.238 e. The van der Waals surface area contributed by atoms with Gasteiger partial charge in [-0.25, -0.2) is 0 Å². The minimum atomic E-state index is -0.0361. The van der Waals surface area contributed by atoms with E-state index in [0.29, 0.717) is 23.7 Å². The third-order valence-corrected chi connectivity index (χ3v) is 4.07. The van der Waals surface area contributed by atoms with Crippen molar-refractivity contribution in [1.29, 1.82) is 5.26 Å². The fraction of sp³-hybridized carbons (Fsp3) is 0.500. The van der Waals surface area contributed by atoms with Crippen LogP contribution in [0, 0.1) is 11.3 Å². The van der Waals surface area contributed by atoms with Crippen LogP contribution in [-0.4, -0.2) is 55.0 Å². The highest BCUT2D eigenvalue weighted by Crippen LogP contribution is 2.20. The molecule has 0 aliphatic carbocycles. The predicted molar refractivity (Wildman–Crippen MR) is 87.8 cm³/mol. The molecule has 0 saturated carbocycles. The predicted octanol–water partition coefficient (Wildman–Crippen LogP) is 2.20. The Bertz CT molecular complexity index is 535. The van der Waals surface area contributed by atoms with Crippen molar-refractivity contribution in [2.24, 2.45) is 0 Å². The maximum absolute atomic E-state index is 12.1. The van der Waals surface area contributed by atoms with E-state index in [-0.39, 0.29) is 5.91 Å². The number of benzene rings is 1. The SMILES string of the molecule is N#CCCCN1CCN(CC(=O)Nc2ccccc2Cl)CC1. The minimum absolute atomic E-state index is 0.0361. The topological polar surface area (TPSA) is 59.4 Å². The molecule has 6 heteroatoms. The van der Waals surface area contributed by atoms with E-state index in [1.165, 1.54) is 0 Å². The minimum Gasteiger partial charge on any atom is -0.324 e. The molecule has 0 aromatic heterocycles. The lowest BCUT2D eigenvalue weighted by molar-refractivity contribution is -0.117. The smallest absolute Gasteiger partial charge is 0.238 e. The van der Waals surface area contributed by atoms with Crippen molar-refractivity contribution in [3.8, 4) is 6.07 Å². The molecule has 1 aliphatic rings. The Morgan fingerprint density at radius 1 is 1.23 bits per heavy atom. The van der Waals surface area contributed by atoms with Crippen molar-refractivity contribution in [3.05, 3.63) is 29.3 Å². The average Bonchev–Trinajstić information content (AvgIpc) is 2.51. The van der Waals surface area contributed by atoms with E-state index in [1.807, 2.05) is 12.1 Å². The van der Waals surface area contributed by atoms with Gasteiger partial charge in [-0.3, -0.25) is 9.69 Å². The number of nitrogens with one attached hydrogen (secondary N) is 1. The van der Waals surface area contributed by atoms with Gasteiger partial charge < -0.3 is 10.2 Å². The summed E-state index contributed by atoms with van der Waals surface area (Å²) in [6, 6.07) is 9.41. The first-order valence-electron chi connectivity index (χ1n) is 7.55. The maximum atomic E-state index is 12.1. The van der Waals surface area contributed by atoms with Gasteiger partial charge >= 0.3 is 0 Å². The highest BCUT2D eigenvalue weighted by atomic mass is 35.5. The van der Waals surface area contributed by atoms with Crippen LogP contribution in [0.5, 0.6) is 0 Å². The summed E-state index contributed by atoms with van der Waals surface area (Å²) in [5, 5.41) is 11.9. The molecule has 1 N–H and O–H groups in total. The van der Waals surface area contributed by atoms with E-state index >= 15 is 0 Å². The molecule has 2 rings (SSSR count). The molecule has 1 fully saturated rings. The molecule has 0 unspecified atom stereocenters. The van der Waals surface area contributed by atoms with Crippen molar-refractivity contribution in [1.82, 2.24) is 9.80 Å². The lowest BCUT2D eigenvalue weighted by Crippen LogP contribution is -2.48. The number of nitriles is 1. The van der Waals surface area contributed by atoms with Crippen molar-refractivity contribution in [2.75, 3.05) is 44.6 Å². The molecule has 1 amide bonds. The molecule has 0 bridgehead atoms. The summed E-state index contributed by atoms with van der Waals surface area (Å²) in [4.78, 5) is 16.6. The summed E-state index contributed by atoms with van der Waals surface area (Å²) in [7, 11) is 0. The number of hydrogen-bond donors (Lipinski definition) is 1. The summed E-state index contributed by atoms with van der Waals surface area (Å²) in [6.07, 6.45) is 1.53. The molecule has 1 saturated heterocycles. The lowest BCUT2D eigenvalue weighted by Gasteiger charge is -2.34. The molecule has 22 heavy (non-hydrogen) atoms. The van der Waals surface area contributed by atoms with Gasteiger partial charge in [0.2, 0.25) is 5.91 Å². The van der Waals surface area contributed by atoms with Gasteiger partial charge in [-0.15, -0.1) is 0 Å². The Hall–Kier alpha value is -1.61. The lowest BCUT2D eigenvalue weighted by atomic mass is 10.2. The zero-order chi connectivity index (χ0) is 15.8. The Morgan fingerprint density at radius 2 is 1.91 bits per heavy atom. The van der Waals surface area contributed by atoms with Crippen LogP contribution in [0.2, 0.25) is 5.02 Å². The second kappa shape index (κ2) is 8.74. The third-order valence-electron chi connectivity index (χ3n) is 3.74. The van der Waals surface area contributed by atoms with E-state index in [4.69, 9.17) is 16.9 Å². The van der Waals surface area contributed by atoms with Gasteiger partial charge in [-0.05, 0) is 25.1 Å². The second-order valence-corrected chi connectivity index (χ2v) is 5.81. The van der Waals surface area contributed by atoms with Gasteiger partial charge in [0.15, 0.2) is 0 Å². The molecule has 5 nitrogen and oxygen atoms in total. The van der Waals surface area contributed by atoms with Crippen molar-refractivity contribution < 1.29 is 4.79 Å². The van der Waals surface area contributed by atoms with Crippen LogP contribution in [0.15, 0.2) is 24.3 Å². The van der Waals surface area contributed by atoms with Gasteiger partial charge in [-0.2, -0.15) is 5.26 Å². The first-order valence-corrected chi connectivity index (χ1v) is 7.93. The van der Waals surface area contributed by atoms with Crippen LogP contribution in [-0.2, 0) is 4.79 Å². The number of rotatable bonds is 6. The van der Waals surface area contributed by atoms with Crippen LogP contribution in [0.1, 0.15) is 12.8 Å². The number of nitrogens with zero attached hydrogens (tertiary/aromatic N) is 3. The average molecular weight is 321 g/mol. The molecular weight excluding hydrogens is 300 g/mol. The van der Waals surface area contributed by atoms with E-state index in [9.17, 15) is 4.79 Å². The number of unbranched alkanes of at least 4 members (excludes halogenated alkanes) is 1. The number of anilines is 1. The Morgan fingerprint density at radius 3 is 2.59 bits per heavy atom. The van der Waals surface area contributed by atoms with Crippen LogP contribution in [0.4, 0.5) is 5.69 Å². The summed E-state index contributed by atoms with van der Waals surface area (Å²) in [5.74, 6) is -0.0361. The quantitative estimate of drug-likeness (QED) is 0.816. The number of amides is 1. The Kier molecular flexibility index (Phi) is 6.66. The number of carbonyl (C=O) groups is 1. The zero-order valence-electron chi connectivity index (χ0n) is 12.6. The Balaban J connectivity index is 1.71. The number of hydrogen-bond acceptors (Lipinski definition) is 4. The first kappa shape index (κ1) is 16.8. The van der Waals surface area contributed by atoms with Crippen LogP contribution < -0.4 is 5.32 Å². The molecular formula is C16H21ClN4O. The molecule has 118 valence electrons. The molecule has 1 aromatic carbocycles. The summed E-state index contributed by atoms with van der Waals surface area (Å²) >= 11 is 6.03. The zero-order valence-corrected chi connectivity index (χ0v) is 13.4. The standard InChI is InChI=1S/C16H21ClN4O/c17-14-5-1-2-6-15(14)19-16(22)13-21-11-9-20(10-12-21)8-4-3-7-18/h1-2,5-6H,3-4,8-13H2,(H,19,22). The van der Waals surface area contributed by atoms with E-state index < -0.39 is 0 Å². The highest BCUT2D eigenvalue weighted by molar-refractivity contribution is 6.33. The fourth-order valence-electron chi connectivity index (χ4n) is 2.51. The number of carbonyl (C=O) groups excluding carboxylic acids is 1. The van der Waals surface area contributed by atoms with Crippen LogP contribution in [0.3, 0.4) is 0 Å². The first-order chi connectivity index (χ1) is 10.7. The fourth-order valence-corrected chi connectivity index (χ4v) is 2.69. The summed E-state index contributed by atoms with van der Waals surface area (Å²) < 4.78 is 0. The van der Waals surface area contributed by atoms with Crippen molar-refractivity contribution >= 4 is 23.2 Å². The van der Waals surface area contributed by atoms with Gasteiger partial charge in [0, 0.05) is 32.6 Å². The van der Waals surface area contributed by atoms with Crippen molar-refractivity contribution in [2.45, 2.75) is 12.8 Å². The largest absolute Gasteiger partial charge is 0.324 e. The van der Waals surface area contributed by atoms with Crippen LogP contribution in [0.25, 0.3) is 0 Å². The highest BCUT2D eigenvalue weighted by Gasteiger charge is 2.18. The monoisotopic (exact) mass is 320 g/mol. The molecule has 1 heterocycles. The van der Waals surface area contributed by atoms with Crippen LogP contribution >= 0.6 is 11.6 Å².